The van der Waals surface area contributed by atoms with Crippen molar-refractivity contribution in [2.75, 3.05) is 0 Å². The quantitative estimate of drug-likeness (QED) is 0.737. The first kappa shape index (κ1) is 10.5. The average molecular weight is 216 g/mol. The van der Waals surface area contributed by atoms with E-state index in [1.165, 1.54) is 6.92 Å². The molecule has 3 nitrogen and oxygen atoms in total. The number of rotatable bonds is 4. The predicted octanol–water partition coefficient (Wildman–Crippen LogP) is 3.06. The minimum absolute atomic E-state index is 0.0310. The molecule has 0 spiro atoms. The molecule has 82 valence electrons. The van der Waals surface area contributed by atoms with E-state index in [1.54, 1.807) is 24.5 Å². The van der Waals surface area contributed by atoms with E-state index in [-0.39, 0.29) is 5.78 Å². The van der Waals surface area contributed by atoms with E-state index in [0.717, 1.165) is 5.76 Å². The van der Waals surface area contributed by atoms with E-state index in [4.69, 9.17) is 9.15 Å². The Morgan fingerprint density at radius 2 is 2.19 bits per heavy atom. The van der Waals surface area contributed by atoms with Gasteiger partial charge in [-0.2, -0.15) is 0 Å². The smallest absolute Gasteiger partial charge is 0.159 e. The van der Waals surface area contributed by atoms with E-state index >= 15 is 0 Å². The van der Waals surface area contributed by atoms with Gasteiger partial charge in [0.2, 0.25) is 0 Å². The van der Waals surface area contributed by atoms with Crippen molar-refractivity contribution in [1.29, 1.82) is 0 Å². The standard InChI is InChI=1S/C13H12O3/c1-10(14)11-4-2-5-12(8-11)16-9-13-6-3-7-15-13/h2-8H,9H2,1H3. The lowest BCUT2D eigenvalue weighted by molar-refractivity contribution is 0.101. The van der Waals surface area contributed by atoms with Crippen molar-refractivity contribution in [2.45, 2.75) is 13.5 Å². The van der Waals surface area contributed by atoms with Crippen LogP contribution in [0.1, 0.15) is 23.0 Å². The molecule has 0 unspecified atom stereocenters. The van der Waals surface area contributed by atoms with Crippen molar-refractivity contribution >= 4 is 5.78 Å². The molecule has 3 heteroatoms. The highest BCUT2D eigenvalue weighted by molar-refractivity contribution is 5.94. The zero-order valence-corrected chi connectivity index (χ0v) is 8.97. The molecule has 0 atom stereocenters. The SMILES string of the molecule is CC(=O)c1cccc(OCc2ccco2)c1. The van der Waals surface area contributed by atoms with Crippen LogP contribution in [0.3, 0.4) is 0 Å². The number of benzene rings is 1. The molecule has 0 amide bonds. The van der Waals surface area contributed by atoms with Crippen LogP contribution in [0.15, 0.2) is 47.1 Å². The molecule has 0 aliphatic carbocycles. The van der Waals surface area contributed by atoms with Crippen molar-refractivity contribution in [3.63, 3.8) is 0 Å². The number of hydrogen-bond donors (Lipinski definition) is 0. The molecule has 0 saturated carbocycles. The Morgan fingerprint density at radius 3 is 2.88 bits per heavy atom. The topological polar surface area (TPSA) is 39.4 Å². The molecule has 1 aromatic carbocycles. The molecular formula is C13H12O3. The molecule has 16 heavy (non-hydrogen) atoms. The second-order valence-corrected chi connectivity index (χ2v) is 3.45. The number of hydrogen-bond acceptors (Lipinski definition) is 3. The summed E-state index contributed by atoms with van der Waals surface area (Å²) in [6.45, 7) is 1.90. The van der Waals surface area contributed by atoms with Crippen LogP contribution in [0.25, 0.3) is 0 Å². The van der Waals surface area contributed by atoms with Gasteiger partial charge >= 0.3 is 0 Å². The van der Waals surface area contributed by atoms with Crippen LogP contribution in [-0.4, -0.2) is 5.78 Å². The molecule has 0 bridgehead atoms. The maximum Gasteiger partial charge on any atom is 0.159 e. The summed E-state index contributed by atoms with van der Waals surface area (Å²) in [5.41, 5.74) is 0.650. The highest BCUT2D eigenvalue weighted by Gasteiger charge is 2.02. The molecule has 0 saturated heterocycles. The second kappa shape index (κ2) is 4.66. The zero-order chi connectivity index (χ0) is 11.4. The summed E-state index contributed by atoms with van der Waals surface area (Å²) in [4.78, 5) is 11.2. The zero-order valence-electron chi connectivity index (χ0n) is 8.97. The minimum atomic E-state index is 0.0310. The first-order valence-electron chi connectivity index (χ1n) is 5.02. The molecule has 0 fully saturated rings. The highest BCUT2D eigenvalue weighted by Crippen LogP contribution is 2.15. The van der Waals surface area contributed by atoms with Gasteiger partial charge in [-0.1, -0.05) is 12.1 Å². The molecule has 1 heterocycles. The molecule has 0 N–H and O–H groups in total. The van der Waals surface area contributed by atoms with Crippen LogP contribution in [0.2, 0.25) is 0 Å². The van der Waals surface area contributed by atoms with Gasteiger partial charge in [-0.3, -0.25) is 4.79 Å². The third-order valence-corrected chi connectivity index (χ3v) is 2.20. The normalized spacial score (nSPS) is 10.1. The van der Waals surface area contributed by atoms with Crippen LogP contribution in [0, 0.1) is 0 Å². The number of carbonyl (C=O) groups excluding carboxylic acids is 1. The molecule has 0 aliphatic rings. The van der Waals surface area contributed by atoms with Gasteiger partial charge in [0.15, 0.2) is 5.78 Å². The second-order valence-electron chi connectivity index (χ2n) is 3.45. The summed E-state index contributed by atoms with van der Waals surface area (Å²) in [5, 5.41) is 0. The third kappa shape index (κ3) is 2.51. The largest absolute Gasteiger partial charge is 0.486 e. The van der Waals surface area contributed by atoms with Crippen molar-refractivity contribution in [3.8, 4) is 5.75 Å². The molecule has 0 radical (unpaired) electrons. The maximum atomic E-state index is 11.2. The van der Waals surface area contributed by atoms with Gasteiger partial charge in [-0.25, -0.2) is 0 Å². The fourth-order valence-electron chi connectivity index (χ4n) is 1.35. The van der Waals surface area contributed by atoms with Gasteiger partial charge in [0, 0.05) is 5.56 Å². The number of Topliss-reactive ketones (excluding diaryl/α,β-unsaturated/α-hetero) is 1. The van der Waals surface area contributed by atoms with Crippen LogP contribution in [0.5, 0.6) is 5.75 Å². The number of carbonyl (C=O) groups is 1. The van der Waals surface area contributed by atoms with Crippen LogP contribution >= 0.6 is 0 Å². The van der Waals surface area contributed by atoms with Gasteiger partial charge < -0.3 is 9.15 Å². The average Bonchev–Trinajstić information content (AvgIpc) is 2.79. The van der Waals surface area contributed by atoms with Gasteiger partial charge in [-0.05, 0) is 31.2 Å². The molecule has 2 aromatic rings. The fraction of sp³-hybridized carbons (Fsp3) is 0.154. The predicted molar refractivity (Wildman–Crippen MR) is 59.5 cm³/mol. The molecule has 1 aromatic heterocycles. The third-order valence-electron chi connectivity index (χ3n) is 2.20. The lowest BCUT2D eigenvalue weighted by Crippen LogP contribution is -1.96. The Labute approximate surface area is 93.7 Å². The summed E-state index contributed by atoms with van der Waals surface area (Å²) in [5.74, 6) is 1.46. The van der Waals surface area contributed by atoms with Crippen LogP contribution in [0.4, 0.5) is 0 Å². The Balaban J connectivity index is 2.04. The van der Waals surface area contributed by atoms with Crippen LogP contribution in [-0.2, 0) is 6.61 Å². The minimum Gasteiger partial charge on any atom is -0.486 e. The Bertz CT molecular complexity index is 472. The summed E-state index contributed by atoms with van der Waals surface area (Å²) in [6, 6.07) is 10.8. The van der Waals surface area contributed by atoms with E-state index < -0.39 is 0 Å². The van der Waals surface area contributed by atoms with Crippen LogP contribution < -0.4 is 4.74 Å². The van der Waals surface area contributed by atoms with E-state index in [0.29, 0.717) is 17.9 Å². The van der Waals surface area contributed by atoms with Gasteiger partial charge in [0.1, 0.15) is 18.1 Å². The van der Waals surface area contributed by atoms with Gasteiger partial charge in [0.05, 0.1) is 6.26 Å². The molecule has 2 rings (SSSR count). The van der Waals surface area contributed by atoms with Crippen molar-refractivity contribution < 1.29 is 13.9 Å². The number of ether oxygens (including phenoxy) is 1. The monoisotopic (exact) mass is 216 g/mol. The van der Waals surface area contributed by atoms with E-state index in [9.17, 15) is 4.79 Å². The summed E-state index contributed by atoms with van der Waals surface area (Å²) in [6.07, 6.45) is 1.60. The number of furan rings is 1. The fourth-order valence-corrected chi connectivity index (χ4v) is 1.35. The Kier molecular flexibility index (Phi) is 3.05. The Hall–Kier alpha value is -2.03. The first-order chi connectivity index (χ1) is 7.75. The molecule has 0 aliphatic heterocycles. The van der Waals surface area contributed by atoms with Crippen molar-refractivity contribution in [1.82, 2.24) is 0 Å². The first-order valence-corrected chi connectivity index (χ1v) is 5.02. The van der Waals surface area contributed by atoms with Crippen molar-refractivity contribution in [3.05, 3.63) is 54.0 Å². The van der Waals surface area contributed by atoms with Crippen molar-refractivity contribution in [2.24, 2.45) is 0 Å². The van der Waals surface area contributed by atoms with E-state index in [1.807, 2.05) is 18.2 Å². The maximum absolute atomic E-state index is 11.2. The van der Waals surface area contributed by atoms with Gasteiger partial charge in [0.25, 0.3) is 0 Å². The lowest BCUT2D eigenvalue weighted by Gasteiger charge is -2.05. The molecular weight excluding hydrogens is 204 g/mol. The van der Waals surface area contributed by atoms with Gasteiger partial charge in [-0.15, -0.1) is 0 Å². The van der Waals surface area contributed by atoms with E-state index in [2.05, 4.69) is 0 Å². The summed E-state index contributed by atoms with van der Waals surface area (Å²) < 4.78 is 10.6. The number of ketones is 1. The highest BCUT2D eigenvalue weighted by atomic mass is 16.5. The Morgan fingerprint density at radius 1 is 1.31 bits per heavy atom. The summed E-state index contributed by atoms with van der Waals surface area (Å²) in [7, 11) is 0. The lowest BCUT2D eigenvalue weighted by atomic mass is 10.1. The summed E-state index contributed by atoms with van der Waals surface area (Å²) >= 11 is 0.